The Bertz CT molecular complexity index is 658. The number of piperidine rings is 1. The molecule has 0 N–H and O–H groups in total. The minimum Gasteiger partial charge on any atom is -0.383 e. The molecular formula is C16H20F2N4O3. The van der Waals surface area contributed by atoms with E-state index in [1.165, 1.54) is 30.6 Å². The van der Waals surface area contributed by atoms with Gasteiger partial charge in [-0.1, -0.05) is 0 Å². The smallest absolute Gasteiger partial charge is 0.274 e. The Labute approximate surface area is 144 Å². The number of carbonyl (C=O) groups excluding carboxylic acids is 2. The van der Waals surface area contributed by atoms with Crippen LogP contribution in [0.5, 0.6) is 0 Å². The molecule has 25 heavy (non-hydrogen) atoms. The Morgan fingerprint density at radius 1 is 1.36 bits per heavy atom. The maximum absolute atomic E-state index is 14.4. The summed E-state index contributed by atoms with van der Waals surface area (Å²) in [5.41, 5.74) is -1.25. The normalized spacial score (nSPS) is 25.6. The first-order valence-corrected chi connectivity index (χ1v) is 8.08. The molecular weight excluding hydrogens is 334 g/mol. The van der Waals surface area contributed by atoms with Crippen molar-refractivity contribution in [2.24, 2.45) is 5.41 Å². The average molecular weight is 354 g/mol. The van der Waals surface area contributed by atoms with Gasteiger partial charge in [-0.15, -0.1) is 0 Å². The Balaban J connectivity index is 1.82. The summed E-state index contributed by atoms with van der Waals surface area (Å²) >= 11 is 0. The van der Waals surface area contributed by atoms with Gasteiger partial charge in [0.1, 0.15) is 5.69 Å². The van der Waals surface area contributed by atoms with Gasteiger partial charge in [0.2, 0.25) is 5.91 Å². The molecule has 0 aromatic carbocycles. The number of carbonyl (C=O) groups is 2. The maximum Gasteiger partial charge on any atom is 0.274 e. The van der Waals surface area contributed by atoms with Crippen molar-refractivity contribution >= 4 is 11.8 Å². The van der Waals surface area contributed by atoms with Crippen LogP contribution in [0.2, 0.25) is 0 Å². The zero-order valence-corrected chi connectivity index (χ0v) is 14.0. The molecule has 1 atom stereocenters. The van der Waals surface area contributed by atoms with Crippen molar-refractivity contribution in [3.63, 3.8) is 0 Å². The summed E-state index contributed by atoms with van der Waals surface area (Å²) in [6.07, 6.45) is 3.74. The second kappa shape index (κ2) is 6.62. The van der Waals surface area contributed by atoms with E-state index in [0.717, 1.165) is 4.90 Å². The predicted molar refractivity (Wildman–Crippen MR) is 83.0 cm³/mol. The molecule has 1 aromatic heterocycles. The molecule has 0 radical (unpaired) electrons. The van der Waals surface area contributed by atoms with Gasteiger partial charge in [-0.05, 0) is 6.42 Å². The Morgan fingerprint density at radius 3 is 2.84 bits per heavy atom. The van der Waals surface area contributed by atoms with E-state index in [-0.39, 0.29) is 18.1 Å². The fourth-order valence-electron chi connectivity index (χ4n) is 3.64. The molecule has 7 nitrogen and oxygen atoms in total. The molecule has 2 aliphatic rings. The zero-order chi connectivity index (χ0) is 18.1. The predicted octanol–water partition coefficient (Wildman–Crippen LogP) is 0.823. The molecule has 2 saturated heterocycles. The van der Waals surface area contributed by atoms with Gasteiger partial charge >= 0.3 is 0 Å². The number of rotatable bonds is 4. The fraction of sp³-hybridized carbons (Fsp3) is 0.625. The number of likely N-dealkylation sites (tertiary alicyclic amines) is 2. The molecule has 2 aliphatic heterocycles. The number of amides is 2. The summed E-state index contributed by atoms with van der Waals surface area (Å²) < 4.78 is 33.7. The van der Waals surface area contributed by atoms with E-state index in [9.17, 15) is 18.4 Å². The van der Waals surface area contributed by atoms with Crippen molar-refractivity contribution < 1.29 is 23.1 Å². The van der Waals surface area contributed by atoms with Crippen LogP contribution in [0, 0.1) is 5.41 Å². The zero-order valence-electron chi connectivity index (χ0n) is 14.0. The van der Waals surface area contributed by atoms with E-state index in [0.29, 0.717) is 26.1 Å². The van der Waals surface area contributed by atoms with Crippen molar-refractivity contribution in [1.29, 1.82) is 0 Å². The minimum atomic E-state index is -3.12. The highest BCUT2D eigenvalue weighted by Crippen LogP contribution is 2.45. The molecule has 0 saturated carbocycles. The van der Waals surface area contributed by atoms with Crippen LogP contribution in [-0.4, -0.2) is 77.4 Å². The largest absolute Gasteiger partial charge is 0.383 e. The number of methoxy groups -OCH3 is 1. The first kappa shape index (κ1) is 17.7. The lowest BCUT2D eigenvalue weighted by Crippen LogP contribution is -2.57. The van der Waals surface area contributed by atoms with Crippen LogP contribution in [0.25, 0.3) is 0 Å². The summed E-state index contributed by atoms with van der Waals surface area (Å²) in [5, 5.41) is 0. The first-order valence-electron chi connectivity index (χ1n) is 8.08. The van der Waals surface area contributed by atoms with Gasteiger partial charge in [-0.25, -0.2) is 13.8 Å². The van der Waals surface area contributed by atoms with E-state index in [1.807, 2.05) is 0 Å². The Morgan fingerprint density at radius 2 is 2.16 bits per heavy atom. The molecule has 3 heterocycles. The van der Waals surface area contributed by atoms with Crippen LogP contribution < -0.4 is 0 Å². The van der Waals surface area contributed by atoms with Gasteiger partial charge < -0.3 is 14.5 Å². The number of hydrogen-bond donors (Lipinski definition) is 0. The molecule has 2 amide bonds. The summed E-state index contributed by atoms with van der Waals surface area (Å²) in [4.78, 5) is 35.5. The average Bonchev–Trinajstić information content (AvgIpc) is 2.87. The molecule has 136 valence electrons. The highest BCUT2D eigenvalue weighted by molar-refractivity contribution is 5.93. The van der Waals surface area contributed by atoms with E-state index in [4.69, 9.17) is 4.74 Å². The lowest BCUT2D eigenvalue weighted by atomic mass is 9.77. The van der Waals surface area contributed by atoms with E-state index < -0.39 is 30.2 Å². The summed E-state index contributed by atoms with van der Waals surface area (Å²) in [6.45, 7) is 0.364. The number of ether oxygens (including phenoxy) is 1. The third kappa shape index (κ3) is 3.46. The second-order valence-corrected chi connectivity index (χ2v) is 6.60. The monoisotopic (exact) mass is 354 g/mol. The van der Waals surface area contributed by atoms with Crippen LogP contribution in [-0.2, 0) is 9.53 Å². The van der Waals surface area contributed by atoms with Crippen molar-refractivity contribution in [3.8, 4) is 0 Å². The van der Waals surface area contributed by atoms with Crippen molar-refractivity contribution in [2.75, 3.05) is 39.9 Å². The number of aromatic nitrogens is 2. The van der Waals surface area contributed by atoms with Gasteiger partial charge in [0.15, 0.2) is 0 Å². The van der Waals surface area contributed by atoms with Gasteiger partial charge in [-0.2, -0.15) is 0 Å². The van der Waals surface area contributed by atoms with Crippen molar-refractivity contribution in [1.82, 2.24) is 19.8 Å². The third-order valence-electron chi connectivity index (χ3n) is 4.75. The molecule has 1 spiro atoms. The molecule has 9 heteroatoms. The van der Waals surface area contributed by atoms with Gasteiger partial charge in [0.05, 0.1) is 24.8 Å². The van der Waals surface area contributed by atoms with Gasteiger partial charge in [-0.3, -0.25) is 14.6 Å². The molecule has 3 rings (SSSR count). The summed E-state index contributed by atoms with van der Waals surface area (Å²) in [5.74, 6) is -4.08. The molecule has 0 bridgehead atoms. The highest BCUT2D eigenvalue weighted by Gasteiger charge is 2.57. The number of nitrogens with zero attached hydrogens (tertiary/aromatic N) is 4. The summed E-state index contributed by atoms with van der Waals surface area (Å²) in [7, 11) is 1.52. The lowest BCUT2D eigenvalue weighted by molar-refractivity contribution is -0.151. The topological polar surface area (TPSA) is 75.6 Å². The van der Waals surface area contributed by atoms with Crippen LogP contribution in [0.4, 0.5) is 8.78 Å². The van der Waals surface area contributed by atoms with Gasteiger partial charge in [0, 0.05) is 45.6 Å². The standard InChI is InChI=1S/C16H20F2N4O3/c1-25-7-6-21-5-2-15(14(21)24)9-16(17,18)11-22(10-15)13(23)12-8-19-3-4-20-12/h3-4,8H,2,5-7,9-11H2,1H3/t15-/m1/s1. The number of hydrogen-bond acceptors (Lipinski definition) is 5. The number of alkyl halides is 2. The first-order chi connectivity index (χ1) is 11.9. The quantitative estimate of drug-likeness (QED) is 0.800. The Kier molecular flexibility index (Phi) is 4.68. The van der Waals surface area contributed by atoms with E-state index >= 15 is 0 Å². The van der Waals surface area contributed by atoms with Crippen LogP contribution in [0.3, 0.4) is 0 Å². The highest BCUT2D eigenvalue weighted by atomic mass is 19.3. The SMILES string of the molecule is COCCN1CC[C@@]2(CN(C(=O)c3cnccn3)CC(F)(F)C2)C1=O. The van der Waals surface area contributed by atoms with Crippen molar-refractivity contribution in [3.05, 3.63) is 24.3 Å². The van der Waals surface area contributed by atoms with E-state index in [1.54, 1.807) is 0 Å². The van der Waals surface area contributed by atoms with Crippen LogP contribution >= 0.6 is 0 Å². The molecule has 0 unspecified atom stereocenters. The third-order valence-corrected chi connectivity index (χ3v) is 4.75. The Hall–Kier alpha value is -2.16. The van der Waals surface area contributed by atoms with Crippen molar-refractivity contribution in [2.45, 2.75) is 18.8 Å². The fourth-order valence-corrected chi connectivity index (χ4v) is 3.64. The molecule has 1 aromatic rings. The molecule has 2 fully saturated rings. The maximum atomic E-state index is 14.4. The minimum absolute atomic E-state index is 0.00275. The van der Waals surface area contributed by atoms with Gasteiger partial charge in [0.25, 0.3) is 11.8 Å². The second-order valence-electron chi connectivity index (χ2n) is 6.60. The number of halogens is 2. The molecule has 0 aliphatic carbocycles. The lowest BCUT2D eigenvalue weighted by Gasteiger charge is -2.42. The van der Waals surface area contributed by atoms with Crippen LogP contribution in [0.15, 0.2) is 18.6 Å². The summed E-state index contributed by atoms with van der Waals surface area (Å²) in [6, 6.07) is 0. The van der Waals surface area contributed by atoms with Crippen LogP contribution in [0.1, 0.15) is 23.3 Å². The van der Waals surface area contributed by atoms with E-state index in [2.05, 4.69) is 9.97 Å².